The molecular formula is C19H22N8O2. The van der Waals surface area contributed by atoms with Crippen LogP contribution in [0.4, 0.5) is 11.6 Å². The highest BCUT2D eigenvalue weighted by atomic mass is 16.5. The van der Waals surface area contributed by atoms with Crippen molar-refractivity contribution in [2.24, 2.45) is 7.05 Å². The SMILES string of the molecule is COc1ccnc(-c2cc(Nc3cc(OC(C)(C)C)c4cn[nH]c4n3)n(C)n2)n1. The van der Waals surface area contributed by atoms with Crippen molar-refractivity contribution in [3.63, 3.8) is 0 Å². The van der Waals surface area contributed by atoms with Crippen LogP contribution in [0.3, 0.4) is 0 Å². The summed E-state index contributed by atoms with van der Waals surface area (Å²) in [5, 5.41) is 15.5. The molecule has 150 valence electrons. The molecule has 0 bridgehead atoms. The highest BCUT2D eigenvalue weighted by Crippen LogP contribution is 2.31. The number of ether oxygens (including phenoxy) is 2. The smallest absolute Gasteiger partial charge is 0.216 e. The molecule has 2 N–H and O–H groups in total. The molecule has 0 amide bonds. The zero-order valence-corrected chi connectivity index (χ0v) is 16.9. The number of pyridine rings is 1. The summed E-state index contributed by atoms with van der Waals surface area (Å²) in [5.74, 6) is 2.96. The average molecular weight is 394 g/mol. The Balaban J connectivity index is 1.67. The van der Waals surface area contributed by atoms with Crippen LogP contribution in [0.5, 0.6) is 11.6 Å². The van der Waals surface area contributed by atoms with E-state index in [1.165, 1.54) is 0 Å². The molecule has 0 spiro atoms. The molecule has 4 aromatic rings. The molecule has 4 aromatic heterocycles. The second kappa shape index (κ2) is 7.04. The van der Waals surface area contributed by atoms with E-state index in [4.69, 9.17) is 9.47 Å². The summed E-state index contributed by atoms with van der Waals surface area (Å²) in [6.07, 6.45) is 3.34. The van der Waals surface area contributed by atoms with Gasteiger partial charge in [-0.3, -0.25) is 9.78 Å². The molecule has 0 aliphatic rings. The van der Waals surface area contributed by atoms with Gasteiger partial charge < -0.3 is 14.8 Å². The Morgan fingerprint density at radius 1 is 1.17 bits per heavy atom. The quantitative estimate of drug-likeness (QED) is 0.530. The minimum absolute atomic E-state index is 0.355. The molecule has 0 atom stereocenters. The van der Waals surface area contributed by atoms with Crippen molar-refractivity contribution in [2.45, 2.75) is 26.4 Å². The first-order chi connectivity index (χ1) is 13.8. The maximum atomic E-state index is 6.09. The van der Waals surface area contributed by atoms with Crippen LogP contribution in [0.15, 0.2) is 30.6 Å². The fourth-order valence-electron chi connectivity index (χ4n) is 2.78. The van der Waals surface area contributed by atoms with E-state index >= 15 is 0 Å². The van der Waals surface area contributed by atoms with Crippen LogP contribution >= 0.6 is 0 Å². The molecule has 10 heteroatoms. The Bertz CT molecular complexity index is 1160. The average Bonchev–Trinajstić information content (AvgIpc) is 3.28. The van der Waals surface area contributed by atoms with Gasteiger partial charge >= 0.3 is 0 Å². The summed E-state index contributed by atoms with van der Waals surface area (Å²) in [7, 11) is 3.39. The second-order valence-corrected chi connectivity index (χ2v) is 7.44. The predicted octanol–water partition coefficient (Wildman–Crippen LogP) is 3.08. The lowest BCUT2D eigenvalue weighted by atomic mass is 10.2. The standard InChI is InChI=1S/C19H22N8O2/c1-19(2,3)29-13-9-14(23-17-11(13)10-21-25-17)22-15-8-12(26-27(15)4)18-20-7-6-16(24-18)28-5/h6-10H,1-5H3,(H2,21,22,23,25). The topological polar surface area (TPSA) is 116 Å². The molecule has 0 aromatic carbocycles. The van der Waals surface area contributed by atoms with Crippen molar-refractivity contribution in [3.05, 3.63) is 30.6 Å². The van der Waals surface area contributed by atoms with Crippen molar-refractivity contribution in [3.8, 4) is 23.1 Å². The van der Waals surface area contributed by atoms with Crippen LogP contribution in [0.25, 0.3) is 22.6 Å². The van der Waals surface area contributed by atoms with E-state index in [1.807, 2.05) is 40.0 Å². The predicted molar refractivity (Wildman–Crippen MR) is 108 cm³/mol. The molecule has 0 aliphatic carbocycles. The molecule has 0 unspecified atom stereocenters. The summed E-state index contributed by atoms with van der Waals surface area (Å²) in [6.45, 7) is 5.98. The van der Waals surface area contributed by atoms with E-state index in [2.05, 4.69) is 35.6 Å². The molecule has 0 radical (unpaired) electrons. The molecule has 10 nitrogen and oxygen atoms in total. The van der Waals surface area contributed by atoms with Gasteiger partial charge in [-0.05, 0) is 20.8 Å². The number of rotatable bonds is 5. The number of H-pyrrole nitrogens is 1. The number of aromatic nitrogens is 7. The van der Waals surface area contributed by atoms with Gasteiger partial charge in [0.1, 0.15) is 28.7 Å². The summed E-state index contributed by atoms with van der Waals surface area (Å²) in [4.78, 5) is 13.2. The molecular weight excluding hydrogens is 372 g/mol. The van der Waals surface area contributed by atoms with E-state index in [-0.39, 0.29) is 5.60 Å². The third-order valence-corrected chi connectivity index (χ3v) is 4.01. The van der Waals surface area contributed by atoms with Crippen molar-refractivity contribution < 1.29 is 9.47 Å². The fourth-order valence-corrected chi connectivity index (χ4v) is 2.78. The van der Waals surface area contributed by atoms with Gasteiger partial charge in [-0.15, -0.1) is 0 Å². The van der Waals surface area contributed by atoms with Gasteiger partial charge in [0, 0.05) is 31.4 Å². The summed E-state index contributed by atoms with van der Waals surface area (Å²) in [5.41, 5.74) is 0.891. The molecule has 4 rings (SSSR count). The minimum Gasteiger partial charge on any atom is -0.487 e. The number of aryl methyl sites for hydroxylation is 1. The number of fused-ring (bicyclic) bond motifs is 1. The van der Waals surface area contributed by atoms with E-state index in [0.717, 1.165) is 11.2 Å². The Kier molecular flexibility index (Phi) is 4.53. The van der Waals surface area contributed by atoms with Gasteiger partial charge in [0.05, 0.1) is 18.7 Å². The second-order valence-electron chi connectivity index (χ2n) is 7.44. The van der Waals surface area contributed by atoms with Crippen molar-refractivity contribution >= 4 is 22.7 Å². The summed E-state index contributed by atoms with van der Waals surface area (Å²) < 4.78 is 12.9. The highest BCUT2D eigenvalue weighted by molar-refractivity contribution is 5.84. The van der Waals surface area contributed by atoms with Crippen molar-refractivity contribution in [2.75, 3.05) is 12.4 Å². The molecule has 29 heavy (non-hydrogen) atoms. The monoisotopic (exact) mass is 394 g/mol. The van der Waals surface area contributed by atoms with E-state index in [9.17, 15) is 0 Å². The van der Waals surface area contributed by atoms with E-state index in [0.29, 0.717) is 34.6 Å². The lowest BCUT2D eigenvalue weighted by Crippen LogP contribution is -2.23. The van der Waals surface area contributed by atoms with Gasteiger partial charge in [-0.2, -0.15) is 15.2 Å². The number of hydrogen-bond donors (Lipinski definition) is 2. The van der Waals surface area contributed by atoms with Crippen LogP contribution in [0.2, 0.25) is 0 Å². The Morgan fingerprint density at radius 2 is 2.00 bits per heavy atom. The van der Waals surface area contributed by atoms with Crippen molar-refractivity contribution in [1.29, 1.82) is 0 Å². The fraction of sp³-hybridized carbons (Fsp3) is 0.316. The third kappa shape index (κ3) is 3.96. The van der Waals surface area contributed by atoms with Crippen LogP contribution in [-0.2, 0) is 7.05 Å². The third-order valence-electron chi connectivity index (χ3n) is 4.01. The Hall–Kier alpha value is -3.69. The number of nitrogens with zero attached hydrogens (tertiary/aromatic N) is 6. The van der Waals surface area contributed by atoms with Crippen LogP contribution in [-0.4, -0.2) is 47.6 Å². The maximum Gasteiger partial charge on any atom is 0.216 e. The molecule has 0 fully saturated rings. The number of nitrogens with one attached hydrogen (secondary N) is 2. The molecule has 4 heterocycles. The summed E-state index contributed by atoms with van der Waals surface area (Å²) in [6, 6.07) is 5.38. The highest BCUT2D eigenvalue weighted by Gasteiger charge is 2.18. The Labute approximate surface area is 167 Å². The van der Waals surface area contributed by atoms with Gasteiger partial charge in [-0.25, -0.2) is 9.97 Å². The number of methoxy groups -OCH3 is 1. The van der Waals surface area contributed by atoms with Crippen LogP contribution in [0.1, 0.15) is 20.8 Å². The maximum absolute atomic E-state index is 6.09. The normalized spacial score (nSPS) is 11.6. The number of anilines is 2. The van der Waals surface area contributed by atoms with Gasteiger partial charge in [-0.1, -0.05) is 0 Å². The van der Waals surface area contributed by atoms with Gasteiger partial charge in [0.2, 0.25) is 5.88 Å². The largest absolute Gasteiger partial charge is 0.487 e. The zero-order chi connectivity index (χ0) is 20.6. The number of aromatic amines is 1. The first-order valence-electron chi connectivity index (χ1n) is 9.04. The number of hydrogen-bond acceptors (Lipinski definition) is 8. The van der Waals surface area contributed by atoms with Crippen LogP contribution < -0.4 is 14.8 Å². The van der Waals surface area contributed by atoms with Gasteiger partial charge in [0.15, 0.2) is 11.5 Å². The molecule has 0 saturated heterocycles. The molecule has 0 aliphatic heterocycles. The first-order valence-corrected chi connectivity index (χ1v) is 9.04. The lowest BCUT2D eigenvalue weighted by Gasteiger charge is -2.22. The van der Waals surface area contributed by atoms with Crippen LogP contribution in [0, 0.1) is 0 Å². The van der Waals surface area contributed by atoms with E-state index in [1.54, 1.807) is 30.3 Å². The minimum atomic E-state index is -0.355. The zero-order valence-electron chi connectivity index (χ0n) is 16.9. The summed E-state index contributed by atoms with van der Waals surface area (Å²) >= 11 is 0. The first kappa shape index (κ1) is 18.7. The Morgan fingerprint density at radius 3 is 2.76 bits per heavy atom. The lowest BCUT2D eigenvalue weighted by molar-refractivity contribution is 0.133. The van der Waals surface area contributed by atoms with Crippen molar-refractivity contribution in [1.82, 2.24) is 34.9 Å². The van der Waals surface area contributed by atoms with Gasteiger partial charge in [0.25, 0.3) is 0 Å². The molecule has 0 saturated carbocycles. The van der Waals surface area contributed by atoms with E-state index < -0.39 is 0 Å².